The van der Waals surface area contributed by atoms with Crippen LogP contribution < -0.4 is 5.56 Å². The van der Waals surface area contributed by atoms with Crippen molar-refractivity contribution in [3.8, 4) is 5.69 Å². The summed E-state index contributed by atoms with van der Waals surface area (Å²) in [6, 6.07) is 15.4. The summed E-state index contributed by atoms with van der Waals surface area (Å²) in [5.74, 6) is -0.339. The molecule has 0 aliphatic rings. The highest BCUT2D eigenvalue weighted by molar-refractivity contribution is 7.99. The van der Waals surface area contributed by atoms with Gasteiger partial charge in [-0.25, -0.2) is 9.67 Å². The minimum atomic E-state index is -0.380. The fourth-order valence-corrected chi connectivity index (χ4v) is 3.67. The molecule has 0 aliphatic carbocycles. The maximum Gasteiger partial charge on any atom is 0.316 e. The predicted molar refractivity (Wildman–Crippen MR) is 116 cm³/mol. The lowest BCUT2D eigenvalue weighted by atomic mass is 10.1. The highest BCUT2D eigenvalue weighted by Crippen LogP contribution is 2.21. The zero-order valence-electron chi connectivity index (χ0n) is 16.6. The Labute approximate surface area is 177 Å². The molecule has 0 amide bonds. The third kappa shape index (κ3) is 4.13. The van der Waals surface area contributed by atoms with Crippen LogP contribution in [0.1, 0.15) is 16.7 Å². The van der Waals surface area contributed by atoms with E-state index in [9.17, 15) is 9.59 Å². The third-order valence-corrected chi connectivity index (χ3v) is 5.64. The molecule has 152 valence electrons. The number of aromatic nitrogens is 4. The van der Waals surface area contributed by atoms with E-state index in [4.69, 9.17) is 4.74 Å². The van der Waals surface area contributed by atoms with E-state index in [0.29, 0.717) is 16.2 Å². The third-order valence-electron chi connectivity index (χ3n) is 4.79. The zero-order valence-corrected chi connectivity index (χ0v) is 17.4. The molecule has 7 nitrogen and oxygen atoms in total. The van der Waals surface area contributed by atoms with E-state index in [1.807, 2.05) is 62.4 Å². The van der Waals surface area contributed by atoms with Crippen LogP contribution >= 0.6 is 11.8 Å². The average molecular weight is 420 g/mol. The summed E-state index contributed by atoms with van der Waals surface area (Å²) < 4.78 is 6.93. The lowest BCUT2D eigenvalue weighted by Crippen LogP contribution is -2.12. The molecule has 1 N–H and O–H groups in total. The number of nitrogens with one attached hydrogen (secondary N) is 1. The van der Waals surface area contributed by atoms with Gasteiger partial charge in [-0.15, -0.1) is 0 Å². The molecule has 8 heteroatoms. The van der Waals surface area contributed by atoms with Gasteiger partial charge in [0.1, 0.15) is 12.0 Å². The van der Waals surface area contributed by atoms with Gasteiger partial charge in [0.05, 0.1) is 17.6 Å². The van der Waals surface area contributed by atoms with Crippen molar-refractivity contribution in [1.29, 1.82) is 0 Å². The van der Waals surface area contributed by atoms with Gasteiger partial charge in [0.2, 0.25) is 0 Å². The molecule has 0 fully saturated rings. The van der Waals surface area contributed by atoms with Gasteiger partial charge >= 0.3 is 5.97 Å². The SMILES string of the molecule is Cc1cccc(-n2ncc3c(=O)[nH]c(SCC(=O)OCc4ccccc4)nc32)c1C. The molecule has 0 atom stereocenters. The maximum atomic E-state index is 12.5. The number of hydrogen-bond acceptors (Lipinski definition) is 6. The van der Waals surface area contributed by atoms with Crippen molar-refractivity contribution < 1.29 is 9.53 Å². The van der Waals surface area contributed by atoms with Crippen molar-refractivity contribution in [2.75, 3.05) is 5.75 Å². The number of fused-ring (bicyclic) bond motifs is 1. The molecule has 4 aromatic rings. The van der Waals surface area contributed by atoms with Crippen LogP contribution in [0, 0.1) is 13.8 Å². The Morgan fingerprint density at radius 2 is 1.93 bits per heavy atom. The first-order chi connectivity index (χ1) is 14.5. The normalized spacial score (nSPS) is 11.0. The number of aryl methyl sites for hydroxylation is 1. The number of thioether (sulfide) groups is 1. The van der Waals surface area contributed by atoms with E-state index < -0.39 is 0 Å². The number of aromatic amines is 1. The van der Waals surface area contributed by atoms with E-state index in [2.05, 4.69) is 15.1 Å². The van der Waals surface area contributed by atoms with Crippen molar-refractivity contribution >= 4 is 28.8 Å². The quantitative estimate of drug-likeness (QED) is 0.291. The number of esters is 1. The van der Waals surface area contributed by atoms with Crippen LogP contribution in [0.15, 0.2) is 64.7 Å². The molecule has 30 heavy (non-hydrogen) atoms. The second-order valence-corrected chi connectivity index (χ2v) is 7.78. The molecule has 2 heterocycles. The first-order valence-corrected chi connectivity index (χ1v) is 10.4. The fourth-order valence-electron chi connectivity index (χ4n) is 3.02. The molecule has 2 aromatic carbocycles. The van der Waals surface area contributed by atoms with Crippen LogP contribution in [0.4, 0.5) is 0 Å². The number of benzene rings is 2. The maximum absolute atomic E-state index is 12.5. The number of H-pyrrole nitrogens is 1. The first-order valence-electron chi connectivity index (χ1n) is 9.40. The van der Waals surface area contributed by atoms with Crippen molar-refractivity contribution in [3.63, 3.8) is 0 Å². The average Bonchev–Trinajstić information content (AvgIpc) is 3.18. The number of carbonyl (C=O) groups is 1. The standard InChI is InChI=1S/C22H20N4O3S/c1-14-7-6-10-18(15(14)2)26-20-17(11-23-26)21(28)25-22(24-20)30-13-19(27)29-12-16-8-4-3-5-9-16/h3-11H,12-13H2,1-2H3,(H,24,25,28). The molecule has 4 rings (SSSR count). The number of ether oxygens (including phenoxy) is 1. The van der Waals surface area contributed by atoms with Crippen molar-refractivity contribution in [2.24, 2.45) is 0 Å². The summed E-state index contributed by atoms with van der Waals surface area (Å²) in [7, 11) is 0. The molecular weight excluding hydrogens is 400 g/mol. The molecule has 0 aliphatic heterocycles. The molecule has 0 saturated carbocycles. The monoisotopic (exact) mass is 420 g/mol. The van der Waals surface area contributed by atoms with Crippen molar-refractivity contribution in [2.45, 2.75) is 25.6 Å². The van der Waals surface area contributed by atoms with Crippen molar-refractivity contribution in [1.82, 2.24) is 19.7 Å². The van der Waals surface area contributed by atoms with Gasteiger partial charge in [0.15, 0.2) is 10.8 Å². The van der Waals surface area contributed by atoms with E-state index in [-0.39, 0.29) is 23.9 Å². The van der Waals surface area contributed by atoms with Gasteiger partial charge in [-0.1, -0.05) is 54.2 Å². The van der Waals surface area contributed by atoms with Crippen LogP contribution in [-0.2, 0) is 16.1 Å². The minimum absolute atomic E-state index is 0.0406. The Kier molecular flexibility index (Phi) is 5.67. The molecule has 0 saturated heterocycles. The Balaban J connectivity index is 1.53. The van der Waals surface area contributed by atoms with Crippen molar-refractivity contribution in [3.05, 3.63) is 81.8 Å². The second kappa shape index (κ2) is 8.54. The van der Waals surface area contributed by atoms with Gasteiger partial charge in [-0.05, 0) is 36.6 Å². The Hall–Kier alpha value is -3.39. The number of nitrogens with zero attached hydrogens (tertiary/aromatic N) is 3. The number of rotatable bonds is 6. The van der Waals surface area contributed by atoms with Crippen LogP contribution in [0.2, 0.25) is 0 Å². The highest BCUT2D eigenvalue weighted by Gasteiger charge is 2.15. The number of hydrogen-bond donors (Lipinski definition) is 1. The second-order valence-electron chi connectivity index (χ2n) is 6.82. The van der Waals surface area contributed by atoms with Gasteiger partial charge in [-0.2, -0.15) is 5.10 Å². The summed E-state index contributed by atoms with van der Waals surface area (Å²) in [5, 5.41) is 5.10. The van der Waals surface area contributed by atoms with Gasteiger partial charge < -0.3 is 9.72 Å². The van der Waals surface area contributed by atoms with E-state index >= 15 is 0 Å². The Morgan fingerprint density at radius 1 is 1.13 bits per heavy atom. The summed E-state index contributed by atoms with van der Waals surface area (Å²) in [5.41, 5.74) is 4.12. The summed E-state index contributed by atoms with van der Waals surface area (Å²) in [4.78, 5) is 31.8. The van der Waals surface area contributed by atoms with Gasteiger partial charge in [0.25, 0.3) is 5.56 Å². The summed E-state index contributed by atoms with van der Waals surface area (Å²) in [6.07, 6.45) is 1.51. The Morgan fingerprint density at radius 3 is 2.73 bits per heavy atom. The molecule has 0 radical (unpaired) electrons. The lowest BCUT2D eigenvalue weighted by molar-refractivity contribution is -0.141. The summed E-state index contributed by atoms with van der Waals surface area (Å²) >= 11 is 1.12. The van der Waals surface area contributed by atoms with Crippen LogP contribution in [-0.4, -0.2) is 31.5 Å². The largest absolute Gasteiger partial charge is 0.460 e. The topological polar surface area (TPSA) is 89.9 Å². The number of carbonyl (C=O) groups excluding carboxylic acids is 1. The van der Waals surface area contributed by atoms with E-state index in [1.165, 1.54) is 6.20 Å². The molecule has 0 unspecified atom stereocenters. The molecular formula is C22H20N4O3S. The van der Waals surface area contributed by atoms with Crippen LogP contribution in [0.25, 0.3) is 16.7 Å². The zero-order chi connectivity index (χ0) is 21.1. The van der Waals surface area contributed by atoms with Crippen LogP contribution in [0.3, 0.4) is 0 Å². The van der Waals surface area contributed by atoms with Gasteiger partial charge in [-0.3, -0.25) is 9.59 Å². The van der Waals surface area contributed by atoms with E-state index in [1.54, 1.807) is 4.68 Å². The molecule has 2 aromatic heterocycles. The van der Waals surface area contributed by atoms with Crippen LogP contribution in [0.5, 0.6) is 0 Å². The van der Waals surface area contributed by atoms with Gasteiger partial charge in [0, 0.05) is 0 Å². The lowest BCUT2D eigenvalue weighted by Gasteiger charge is -2.09. The summed E-state index contributed by atoms with van der Waals surface area (Å²) in [6.45, 7) is 4.24. The molecule has 0 spiro atoms. The Bertz CT molecular complexity index is 1260. The highest BCUT2D eigenvalue weighted by atomic mass is 32.2. The molecule has 0 bridgehead atoms. The van der Waals surface area contributed by atoms with E-state index in [0.717, 1.165) is 34.1 Å². The predicted octanol–water partition coefficient (Wildman–Crippen LogP) is 3.56. The first kappa shape index (κ1) is 19.9. The smallest absolute Gasteiger partial charge is 0.316 e. The fraction of sp³-hybridized carbons (Fsp3) is 0.182. The minimum Gasteiger partial charge on any atom is -0.460 e.